The van der Waals surface area contributed by atoms with Gasteiger partial charge in [-0.15, -0.1) is 11.3 Å². The van der Waals surface area contributed by atoms with E-state index >= 15 is 0 Å². The molecule has 1 nitrogen and oxygen atoms in total. The number of ketones is 1. The number of halogens is 4. The number of rotatable bonds is 3. The Kier molecular flexibility index (Phi) is 4.29. The van der Waals surface area contributed by atoms with Crippen molar-refractivity contribution in [3.63, 3.8) is 0 Å². The molecule has 0 unspecified atom stereocenters. The highest BCUT2D eigenvalue weighted by atomic mass is 79.9. The fraction of sp³-hybridized carbons (Fsp3) is 0.0833. The zero-order chi connectivity index (χ0) is 13.3. The monoisotopic (exact) mass is 394 g/mol. The van der Waals surface area contributed by atoms with Gasteiger partial charge in [0.2, 0.25) is 0 Å². The Morgan fingerprint density at radius 2 is 1.78 bits per heavy atom. The van der Waals surface area contributed by atoms with E-state index in [-0.39, 0.29) is 10.9 Å². The maximum absolute atomic E-state index is 13.6. The summed E-state index contributed by atoms with van der Waals surface area (Å²) in [7, 11) is 0. The molecule has 0 bridgehead atoms. The second-order valence-corrected chi connectivity index (χ2v) is 7.01. The zero-order valence-corrected chi connectivity index (χ0v) is 12.8. The topological polar surface area (TPSA) is 17.1 Å². The van der Waals surface area contributed by atoms with Crippen molar-refractivity contribution < 1.29 is 13.6 Å². The van der Waals surface area contributed by atoms with Crippen LogP contribution >= 0.6 is 43.2 Å². The molecule has 0 fully saturated rings. The van der Waals surface area contributed by atoms with Gasteiger partial charge in [-0.1, -0.05) is 15.9 Å². The third kappa shape index (κ3) is 3.05. The van der Waals surface area contributed by atoms with E-state index in [1.807, 2.05) is 0 Å². The van der Waals surface area contributed by atoms with Crippen molar-refractivity contribution in [1.29, 1.82) is 0 Å². The zero-order valence-electron chi connectivity index (χ0n) is 8.84. The highest BCUT2D eigenvalue weighted by Gasteiger charge is 2.19. The van der Waals surface area contributed by atoms with E-state index < -0.39 is 23.0 Å². The van der Waals surface area contributed by atoms with E-state index in [4.69, 9.17) is 0 Å². The average Bonchev–Trinajstić information content (AvgIpc) is 2.62. The van der Waals surface area contributed by atoms with Crippen molar-refractivity contribution in [3.05, 3.63) is 54.6 Å². The van der Waals surface area contributed by atoms with Crippen LogP contribution in [0, 0.1) is 11.6 Å². The Labute approximate surface area is 123 Å². The van der Waals surface area contributed by atoms with E-state index in [1.54, 1.807) is 12.1 Å². The van der Waals surface area contributed by atoms with Crippen molar-refractivity contribution in [1.82, 2.24) is 0 Å². The molecule has 18 heavy (non-hydrogen) atoms. The lowest BCUT2D eigenvalue weighted by Gasteiger charge is -2.04. The van der Waals surface area contributed by atoms with Gasteiger partial charge < -0.3 is 0 Å². The highest BCUT2D eigenvalue weighted by molar-refractivity contribution is 9.11. The van der Waals surface area contributed by atoms with Crippen LogP contribution in [-0.2, 0) is 6.42 Å². The number of thiophene rings is 1. The van der Waals surface area contributed by atoms with Gasteiger partial charge in [0.25, 0.3) is 0 Å². The molecule has 94 valence electrons. The second-order valence-electron chi connectivity index (χ2n) is 3.55. The summed E-state index contributed by atoms with van der Waals surface area (Å²) in [4.78, 5) is 12.6. The van der Waals surface area contributed by atoms with Crippen molar-refractivity contribution in [2.75, 3.05) is 0 Å². The molecule has 0 spiro atoms. The van der Waals surface area contributed by atoms with Gasteiger partial charge in [0.15, 0.2) is 5.78 Å². The summed E-state index contributed by atoms with van der Waals surface area (Å²) in [5.41, 5.74) is -0.484. The van der Waals surface area contributed by atoms with Crippen LogP contribution in [0.2, 0.25) is 0 Å². The lowest BCUT2D eigenvalue weighted by atomic mass is 10.1. The molecule has 0 aliphatic rings. The van der Waals surface area contributed by atoms with Gasteiger partial charge in [-0.2, -0.15) is 0 Å². The Bertz CT molecular complexity index is 587. The molecule has 0 N–H and O–H groups in total. The molecule has 1 aromatic heterocycles. The summed E-state index contributed by atoms with van der Waals surface area (Å²) in [5, 5.41) is 0. The molecular weight excluding hydrogens is 390 g/mol. The molecule has 0 aliphatic carbocycles. The first-order chi connectivity index (χ1) is 8.47. The van der Waals surface area contributed by atoms with Crippen molar-refractivity contribution >= 4 is 49.0 Å². The minimum absolute atomic E-state index is 0.00820. The van der Waals surface area contributed by atoms with Gasteiger partial charge in [-0.3, -0.25) is 4.79 Å². The molecule has 1 aromatic carbocycles. The van der Waals surface area contributed by atoms with Crippen molar-refractivity contribution in [2.24, 2.45) is 0 Å². The van der Waals surface area contributed by atoms with Crippen LogP contribution in [-0.4, -0.2) is 5.78 Å². The van der Waals surface area contributed by atoms with Gasteiger partial charge in [0.05, 0.1) is 9.35 Å². The number of carbonyl (C=O) groups is 1. The van der Waals surface area contributed by atoms with E-state index in [9.17, 15) is 13.6 Å². The molecular formula is C12H6Br2F2OS. The largest absolute Gasteiger partial charge is 0.294 e. The Hall–Kier alpha value is -0.590. The van der Waals surface area contributed by atoms with E-state index in [0.717, 1.165) is 20.8 Å². The van der Waals surface area contributed by atoms with Crippen LogP contribution in [0.15, 0.2) is 32.5 Å². The van der Waals surface area contributed by atoms with Crippen LogP contribution in [0.5, 0.6) is 0 Å². The fourth-order valence-electron chi connectivity index (χ4n) is 1.50. The summed E-state index contributed by atoms with van der Waals surface area (Å²) in [6.45, 7) is 0. The molecule has 0 atom stereocenters. The van der Waals surface area contributed by atoms with Crippen LogP contribution in [0.4, 0.5) is 8.78 Å². The molecule has 2 aromatic rings. The molecule has 2 rings (SSSR count). The Balaban J connectivity index is 2.29. The Morgan fingerprint density at radius 3 is 2.28 bits per heavy atom. The van der Waals surface area contributed by atoms with E-state index in [2.05, 4.69) is 31.9 Å². The van der Waals surface area contributed by atoms with Gasteiger partial charge in [-0.05, 0) is 40.2 Å². The second kappa shape index (κ2) is 5.59. The number of hydrogen-bond donors (Lipinski definition) is 0. The molecule has 0 radical (unpaired) electrons. The number of hydrogen-bond acceptors (Lipinski definition) is 2. The quantitative estimate of drug-likeness (QED) is 0.670. The molecule has 0 saturated heterocycles. The normalized spacial score (nSPS) is 10.7. The third-order valence-corrected chi connectivity index (χ3v) is 4.33. The first kappa shape index (κ1) is 13.8. The molecule has 0 saturated carbocycles. The van der Waals surface area contributed by atoms with Gasteiger partial charge in [0.1, 0.15) is 11.6 Å². The van der Waals surface area contributed by atoms with Crippen LogP contribution < -0.4 is 0 Å². The lowest BCUT2D eigenvalue weighted by Crippen LogP contribution is -2.08. The highest BCUT2D eigenvalue weighted by Crippen LogP contribution is 2.25. The summed E-state index contributed by atoms with van der Waals surface area (Å²) >= 11 is 7.61. The van der Waals surface area contributed by atoms with Gasteiger partial charge >= 0.3 is 0 Å². The number of carbonyl (C=O) groups excluding carboxylic acids is 1. The Morgan fingerprint density at radius 1 is 1.17 bits per heavy atom. The first-order valence-electron chi connectivity index (χ1n) is 4.89. The number of Topliss-reactive ketones (excluding diaryl/α,β-unsaturated/α-hetero) is 1. The van der Waals surface area contributed by atoms with Crippen molar-refractivity contribution in [2.45, 2.75) is 6.42 Å². The van der Waals surface area contributed by atoms with E-state index in [0.29, 0.717) is 0 Å². The molecule has 6 heteroatoms. The van der Waals surface area contributed by atoms with Crippen LogP contribution in [0.25, 0.3) is 0 Å². The third-order valence-electron chi connectivity index (χ3n) is 2.25. The lowest BCUT2D eigenvalue weighted by molar-refractivity contribution is 0.0985. The summed E-state index contributed by atoms with van der Waals surface area (Å²) in [5.74, 6) is -2.25. The first-order valence-corrected chi connectivity index (χ1v) is 7.29. The number of benzene rings is 1. The molecule has 0 aliphatic heterocycles. The fourth-order valence-corrected chi connectivity index (χ4v) is 3.39. The predicted molar refractivity (Wildman–Crippen MR) is 74.1 cm³/mol. The van der Waals surface area contributed by atoms with Gasteiger partial charge in [-0.25, -0.2) is 8.78 Å². The molecule has 0 amide bonds. The predicted octanol–water partition coefficient (Wildman–Crippen LogP) is 4.98. The van der Waals surface area contributed by atoms with Gasteiger partial charge in [0, 0.05) is 15.8 Å². The minimum atomic E-state index is -0.845. The van der Waals surface area contributed by atoms with Crippen LogP contribution in [0.3, 0.4) is 0 Å². The van der Waals surface area contributed by atoms with Crippen LogP contribution in [0.1, 0.15) is 15.2 Å². The van der Waals surface area contributed by atoms with Crippen molar-refractivity contribution in [3.8, 4) is 0 Å². The standard InChI is InChI=1S/C12H6Br2F2OS/c13-6-3-8(15)12(9(16)4-6)10(17)5-7-1-2-11(14)18-7/h1-4H,5H2. The van der Waals surface area contributed by atoms with E-state index in [1.165, 1.54) is 11.3 Å². The maximum atomic E-state index is 13.6. The minimum Gasteiger partial charge on any atom is -0.294 e. The summed E-state index contributed by atoms with van der Waals surface area (Å²) in [6.07, 6.45) is -0.00820. The summed E-state index contributed by atoms with van der Waals surface area (Å²) < 4.78 is 28.3. The average molecular weight is 396 g/mol. The SMILES string of the molecule is O=C(Cc1ccc(Br)s1)c1c(F)cc(Br)cc1F. The molecule has 1 heterocycles. The smallest absolute Gasteiger partial charge is 0.173 e. The maximum Gasteiger partial charge on any atom is 0.173 e. The summed E-state index contributed by atoms with van der Waals surface area (Å²) in [6, 6.07) is 5.71.